The molecular formula is C15H24IN3O2. The predicted molar refractivity (Wildman–Crippen MR) is 95.4 cm³/mol. The van der Waals surface area contributed by atoms with Crippen molar-refractivity contribution in [3.63, 3.8) is 0 Å². The third-order valence-corrected chi connectivity index (χ3v) is 3.63. The van der Waals surface area contributed by atoms with E-state index in [1.54, 1.807) is 25.3 Å². The molecule has 6 heteroatoms. The van der Waals surface area contributed by atoms with Gasteiger partial charge in [-0.25, -0.2) is 4.99 Å². The van der Waals surface area contributed by atoms with Gasteiger partial charge in [-0.05, 0) is 31.0 Å². The summed E-state index contributed by atoms with van der Waals surface area (Å²) in [5, 5.41) is 9.82. The minimum atomic E-state index is 0. The van der Waals surface area contributed by atoms with Crippen LogP contribution in [0.4, 0.5) is 0 Å². The first kappa shape index (κ1) is 17.9. The van der Waals surface area contributed by atoms with E-state index in [-0.39, 0.29) is 29.7 Å². The Morgan fingerprint density at radius 3 is 2.57 bits per heavy atom. The van der Waals surface area contributed by atoms with E-state index in [1.807, 2.05) is 0 Å². The van der Waals surface area contributed by atoms with Gasteiger partial charge < -0.3 is 20.5 Å². The molecule has 1 saturated heterocycles. The van der Waals surface area contributed by atoms with Gasteiger partial charge in [-0.1, -0.05) is 12.8 Å². The monoisotopic (exact) mass is 405 g/mol. The third-order valence-electron chi connectivity index (χ3n) is 3.63. The largest absolute Gasteiger partial charge is 0.508 e. The zero-order chi connectivity index (χ0) is 14.4. The number of likely N-dealkylation sites (tertiary alicyclic amines) is 1. The topological polar surface area (TPSA) is 71.1 Å². The first-order chi connectivity index (χ1) is 9.70. The maximum Gasteiger partial charge on any atom is 0.191 e. The lowest BCUT2D eigenvalue weighted by molar-refractivity contribution is 0.410. The number of phenols is 1. The van der Waals surface area contributed by atoms with Crippen LogP contribution >= 0.6 is 24.0 Å². The van der Waals surface area contributed by atoms with E-state index >= 15 is 0 Å². The third kappa shape index (κ3) is 5.26. The molecule has 1 aliphatic heterocycles. The van der Waals surface area contributed by atoms with Gasteiger partial charge in [0.05, 0.1) is 13.7 Å². The van der Waals surface area contributed by atoms with Crippen molar-refractivity contribution in [2.45, 2.75) is 32.2 Å². The zero-order valence-corrected chi connectivity index (χ0v) is 14.7. The van der Waals surface area contributed by atoms with E-state index in [2.05, 4.69) is 9.89 Å². The molecule has 3 N–H and O–H groups in total. The first-order valence-corrected chi connectivity index (χ1v) is 7.11. The number of halogens is 1. The summed E-state index contributed by atoms with van der Waals surface area (Å²) >= 11 is 0. The smallest absolute Gasteiger partial charge is 0.191 e. The van der Waals surface area contributed by atoms with Crippen LogP contribution in [0.5, 0.6) is 11.5 Å². The Hall–Kier alpha value is -1.18. The molecule has 0 spiro atoms. The Morgan fingerprint density at radius 1 is 1.29 bits per heavy atom. The Morgan fingerprint density at radius 2 is 1.95 bits per heavy atom. The highest BCUT2D eigenvalue weighted by atomic mass is 127. The SMILES string of the molecule is COc1ccc(O)c(CN=C(N)N2CCCCCC2)c1.I. The summed E-state index contributed by atoms with van der Waals surface area (Å²) in [6, 6.07) is 5.13. The van der Waals surface area contributed by atoms with Gasteiger partial charge in [0.1, 0.15) is 11.5 Å². The molecule has 0 saturated carbocycles. The summed E-state index contributed by atoms with van der Waals surface area (Å²) in [5.74, 6) is 1.49. The van der Waals surface area contributed by atoms with Gasteiger partial charge >= 0.3 is 0 Å². The molecule has 0 unspecified atom stereocenters. The number of nitrogens with two attached hydrogens (primary N) is 1. The minimum absolute atomic E-state index is 0. The van der Waals surface area contributed by atoms with Crippen molar-refractivity contribution in [3.8, 4) is 11.5 Å². The molecule has 1 fully saturated rings. The molecule has 118 valence electrons. The lowest BCUT2D eigenvalue weighted by atomic mass is 10.2. The zero-order valence-electron chi connectivity index (χ0n) is 12.4. The summed E-state index contributed by atoms with van der Waals surface area (Å²) in [5.41, 5.74) is 6.77. The molecule has 1 aromatic rings. The Bertz CT molecular complexity index is 472. The van der Waals surface area contributed by atoms with Crippen molar-refractivity contribution in [2.75, 3.05) is 20.2 Å². The Kier molecular flexibility index (Phi) is 7.63. The lowest BCUT2D eigenvalue weighted by Gasteiger charge is -2.21. The number of guanidine groups is 1. The van der Waals surface area contributed by atoms with Crippen molar-refractivity contribution < 1.29 is 9.84 Å². The average molecular weight is 405 g/mol. The lowest BCUT2D eigenvalue weighted by Crippen LogP contribution is -2.38. The summed E-state index contributed by atoms with van der Waals surface area (Å²) in [7, 11) is 1.60. The van der Waals surface area contributed by atoms with Crippen LogP contribution < -0.4 is 10.5 Å². The summed E-state index contributed by atoms with van der Waals surface area (Å²) in [4.78, 5) is 6.53. The molecular weight excluding hydrogens is 381 g/mol. The molecule has 2 rings (SSSR count). The van der Waals surface area contributed by atoms with E-state index in [1.165, 1.54) is 25.7 Å². The fourth-order valence-electron chi connectivity index (χ4n) is 2.38. The van der Waals surface area contributed by atoms with E-state index in [9.17, 15) is 5.11 Å². The maximum absolute atomic E-state index is 9.82. The van der Waals surface area contributed by atoms with E-state index in [0.29, 0.717) is 18.3 Å². The van der Waals surface area contributed by atoms with Crippen molar-refractivity contribution in [1.82, 2.24) is 4.90 Å². The highest BCUT2D eigenvalue weighted by molar-refractivity contribution is 14.0. The number of aliphatic imine (C=N–C) groups is 1. The summed E-state index contributed by atoms with van der Waals surface area (Å²) < 4.78 is 5.15. The second kappa shape index (κ2) is 8.96. The summed E-state index contributed by atoms with van der Waals surface area (Å²) in [6.45, 7) is 2.31. The highest BCUT2D eigenvalue weighted by Crippen LogP contribution is 2.23. The van der Waals surface area contributed by atoms with Crippen LogP contribution in [-0.2, 0) is 6.54 Å². The van der Waals surface area contributed by atoms with Crippen LogP contribution in [0.25, 0.3) is 0 Å². The van der Waals surface area contributed by atoms with E-state index in [4.69, 9.17) is 10.5 Å². The van der Waals surface area contributed by atoms with Gasteiger partial charge in [0.15, 0.2) is 5.96 Å². The maximum atomic E-state index is 9.82. The first-order valence-electron chi connectivity index (χ1n) is 7.11. The van der Waals surface area contributed by atoms with Crippen molar-refractivity contribution in [2.24, 2.45) is 10.7 Å². The van der Waals surface area contributed by atoms with Gasteiger partial charge in [0, 0.05) is 18.7 Å². The van der Waals surface area contributed by atoms with Crippen LogP contribution in [0.2, 0.25) is 0 Å². The van der Waals surface area contributed by atoms with Crippen molar-refractivity contribution >= 4 is 29.9 Å². The number of methoxy groups -OCH3 is 1. The number of nitrogens with zero attached hydrogens (tertiary/aromatic N) is 2. The second-order valence-electron chi connectivity index (χ2n) is 5.07. The molecule has 0 atom stereocenters. The highest BCUT2D eigenvalue weighted by Gasteiger charge is 2.11. The van der Waals surface area contributed by atoms with E-state index in [0.717, 1.165) is 18.7 Å². The number of hydrogen-bond donors (Lipinski definition) is 2. The van der Waals surface area contributed by atoms with E-state index < -0.39 is 0 Å². The molecule has 0 amide bonds. The molecule has 0 radical (unpaired) electrons. The van der Waals surface area contributed by atoms with Crippen molar-refractivity contribution in [3.05, 3.63) is 23.8 Å². The Labute approximate surface area is 143 Å². The van der Waals surface area contributed by atoms with Crippen LogP contribution in [0.15, 0.2) is 23.2 Å². The van der Waals surface area contributed by atoms with Crippen LogP contribution in [0, 0.1) is 0 Å². The quantitative estimate of drug-likeness (QED) is 0.461. The fraction of sp³-hybridized carbons (Fsp3) is 0.533. The van der Waals surface area contributed by atoms with Gasteiger partial charge in [-0.3, -0.25) is 0 Å². The number of phenolic OH excluding ortho intramolecular Hbond substituents is 1. The number of hydrogen-bond acceptors (Lipinski definition) is 3. The van der Waals surface area contributed by atoms with Crippen molar-refractivity contribution in [1.29, 1.82) is 0 Å². The standard InChI is InChI=1S/C15H23N3O2.HI/c1-20-13-6-7-14(19)12(10-13)11-17-15(16)18-8-4-2-3-5-9-18;/h6-7,10,19H,2-5,8-9,11H2,1H3,(H2,16,17);1H. The molecule has 0 aliphatic carbocycles. The Balaban J connectivity index is 0.00000220. The molecule has 0 bridgehead atoms. The van der Waals surface area contributed by atoms with Gasteiger partial charge in [0.2, 0.25) is 0 Å². The van der Waals surface area contributed by atoms with Crippen LogP contribution in [-0.4, -0.2) is 36.2 Å². The number of rotatable bonds is 3. The van der Waals surface area contributed by atoms with Crippen LogP contribution in [0.1, 0.15) is 31.2 Å². The molecule has 1 heterocycles. The summed E-state index contributed by atoms with van der Waals surface area (Å²) in [6.07, 6.45) is 4.86. The predicted octanol–water partition coefficient (Wildman–Crippen LogP) is 2.71. The second-order valence-corrected chi connectivity index (χ2v) is 5.07. The van der Waals surface area contributed by atoms with Crippen LogP contribution in [0.3, 0.4) is 0 Å². The molecule has 1 aromatic carbocycles. The number of ether oxygens (including phenoxy) is 1. The fourth-order valence-corrected chi connectivity index (χ4v) is 2.38. The average Bonchev–Trinajstić information content (AvgIpc) is 2.75. The number of aromatic hydroxyl groups is 1. The minimum Gasteiger partial charge on any atom is -0.508 e. The molecule has 0 aromatic heterocycles. The normalized spacial score (nSPS) is 16.0. The van der Waals surface area contributed by atoms with Gasteiger partial charge in [-0.2, -0.15) is 0 Å². The molecule has 5 nitrogen and oxygen atoms in total. The van der Waals surface area contributed by atoms with Gasteiger partial charge in [-0.15, -0.1) is 24.0 Å². The number of benzene rings is 1. The van der Waals surface area contributed by atoms with Gasteiger partial charge in [0.25, 0.3) is 0 Å². The molecule has 1 aliphatic rings. The molecule has 21 heavy (non-hydrogen) atoms.